The molecule has 0 aliphatic rings. The maximum Gasteiger partial charge on any atom is 0.326 e. The van der Waals surface area contributed by atoms with Crippen LogP contribution in [0.25, 0.3) is 0 Å². The zero-order valence-corrected chi connectivity index (χ0v) is 12.2. The predicted octanol–water partition coefficient (Wildman–Crippen LogP) is 0.143. The van der Waals surface area contributed by atoms with E-state index in [1.807, 2.05) is 30.3 Å². The number of carbonyl (C=O) groups excluding carboxylic acids is 1. The lowest BCUT2D eigenvalue weighted by molar-refractivity contribution is -0.145. The Kier molecular flexibility index (Phi) is 6.33. The summed E-state index contributed by atoms with van der Waals surface area (Å²) in [7, 11) is 0. The van der Waals surface area contributed by atoms with Crippen molar-refractivity contribution >= 4 is 11.9 Å². The Labute approximate surface area is 124 Å². The van der Waals surface area contributed by atoms with Crippen LogP contribution in [-0.2, 0) is 16.0 Å². The maximum absolute atomic E-state index is 11.9. The van der Waals surface area contributed by atoms with E-state index in [1.54, 1.807) is 13.8 Å². The van der Waals surface area contributed by atoms with E-state index in [4.69, 9.17) is 10.8 Å². The van der Waals surface area contributed by atoms with Crippen molar-refractivity contribution < 1.29 is 19.8 Å². The van der Waals surface area contributed by atoms with Gasteiger partial charge in [0.2, 0.25) is 0 Å². The highest BCUT2D eigenvalue weighted by atomic mass is 16.4. The largest absolute Gasteiger partial charge is 0.480 e. The van der Waals surface area contributed by atoms with E-state index in [-0.39, 0.29) is 5.92 Å². The van der Waals surface area contributed by atoms with Crippen LogP contribution in [0, 0.1) is 5.92 Å². The number of carboxylic acid groups (broad SMARTS) is 1. The molecule has 0 fully saturated rings. The minimum absolute atomic E-state index is 0.288. The van der Waals surface area contributed by atoms with Crippen molar-refractivity contribution in [3.8, 4) is 0 Å². The number of carboxylic acids is 1. The number of hydrogen-bond acceptors (Lipinski definition) is 4. The summed E-state index contributed by atoms with van der Waals surface area (Å²) >= 11 is 0. The van der Waals surface area contributed by atoms with Crippen LogP contribution in [-0.4, -0.2) is 40.3 Å². The van der Waals surface area contributed by atoms with Crippen LogP contribution < -0.4 is 11.1 Å². The first kappa shape index (κ1) is 17.1. The van der Waals surface area contributed by atoms with Crippen molar-refractivity contribution in [1.29, 1.82) is 0 Å². The van der Waals surface area contributed by atoms with Gasteiger partial charge in [-0.1, -0.05) is 44.2 Å². The van der Waals surface area contributed by atoms with Gasteiger partial charge in [-0.2, -0.15) is 0 Å². The predicted molar refractivity (Wildman–Crippen MR) is 78.5 cm³/mol. The summed E-state index contributed by atoms with van der Waals surface area (Å²) in [6.07, 6.45) is -1.12. The second-order valence-electron chi connectivity index (χ2n) is 5.37. The number of nitrogens with one attached hydrogen (secondary N) is 1. The summed E-state index contributed by atoms with van der Waals surface area (Å²) < 4.78 is 0. The molecule has 0 aromatic heterocycles. The van der Waals surface area contributed by atoms with Gasteiger partial charge in [-0.05, 0) is 17.9 Å². The number of amides is 1. The number of aliphatic carboxylic acids is 1. The molecule has 1 aromatic carbocycles. The van der Waals surface area contributed by atoms with Crippen molar-refractivity contribution in [2.75, 3.05) is 0 Å². The number of aliphatic hydroxyl groups is 1. The summed E-state index contributed by atoms with van der Waals surface area (Å²) in [5.41, 5.74) is 6.72. The molecule has 0 heterocycles. The molecule has 1 rings (SSSR count). The molecule has 6 heteroatoms. The van der Waals surface area contributed by atoms with Crippen molar-refractivity contribution in [1.82, 2.24) is 5.32 Å². The fourth-order valence-electron chi connectivity index (χ4n) is 1.94. The smallest absolute Gasteiger partial charge is 0.326 e. The standard InChI is InChI=1S/C15H22N2O4/c1-9(2)12(15(20)21)17-14(19)13(18)11(16)8-10-6-4-3-5-7-10/h3-7,9,11-13,18H,8,16H2,1-2H3,(H,17,19)(H,20,21)/t11?,12-,13?/m0/s1. The lowest BCUT2D eigenvalue weighted by Gasteiger charge is -2.23. The van der Waals surface area contributed by atoms with Gasteiger partial charge in [0.25, 0.3) is 5.91 Å². The first-order valence-corrected chi connectivity index (χ1v) is 6.83. The van der Waals surface area contributed by atoms with E-state index in [1.165, 1.54) is 0 Å². The Morgan fingerprint density at radius 3 is 2.29 bits per heavy atom. The molecule has 0 saturated heterocycles. The molecule has 0 radical (unpaired) electrons. The van der Waals surface area contributed by atoms with Gasteiger partial charge in [-0.15, -0.1) is 0 Å². The molecule has 0 spiro atoms. The Balaban J connectivity index is 2.62. The normalized spacial score (nSPS) is 15.3. The minimum Gasteiger partial charge on any atom is -0.480 e. The van der Waals surface area contributed by atoms with E-state index in [0.717, 1.165) is 5.56 Å². The molecule has 1 amide bonds. The van der Waals surface area contributed by atoms with E-state index < -0.39 is 30.1 Å². The van der Waals surface area contributed by atoms with Gasteiger partial charge in [-0.3, -0.25) is 4.79 Å². The van der Waals surface area contributed by atoms with Crippen molar-refractivity contribution in [2.45, 2.75) is 38.5 Å². The zero-order chi connectivity index (χ0) is 16.0. The number of nitrogens with two attached hydrogens (primary N) is 1. The van der Waals surface area contributed by atoms with Gasteiger partial charge >= 0.3 is 5.97 Å². The van der Waals surface area contributed by atoms with Crippen LogP contribution in [0.5, 0.6) is 0 Å². The lowest BCUT2D eigenvalue weighted by Crippen LogP contribution is -2.53. The molecular weight excluding hydrogens is 272 g/mol. The number of aliphatic hydroxyl groups excluding tert-OH is 1. The lowest BCUT2D eigenvalue weighted by atomic mass is 10.00. The second kappa shape index (κ2) is 7.75. The zero-order valence-electron chi connectivity index (χ0n) is 12.2. The fourth-order valence-corrected chi connectivity index (χ4v) is 1.94. The molecule has 6 nitrogen and oxygen atoms in total. The molecule has 3 atom stereocenters. The Morgan fingerprint density at radius 1 is 1.24 bits per heavy atom. The van der Waals surface area contributed by atoms with E-state index in [9.17, 15) is 14.7 Å². The van der Waals surface area contributed by atoms with Crippen LogP contribution in [0.2, 0.25) is 0 Å². The molecule has 0 bridgehead atoms. The SMILES string of the molecule is CC(C)[C@H](NC(=O)C(O)C(N)Cc1ccccc1)C(=O)O. The van der Waals surface area contributed by atoms with Gasteiger partial charge in [0.05, 0.1) is 0 Å². The van der Waals surface area contributed by atoms with Gasteiger partial charge < -0.3 is 21.3 Å². The molecule has 21 heavy (non-hydrogen) atoms. The number of rotatable bonds is 7. The van der Waals surface area contributed by atoms with Gasteiger partial charge in [-0.25, -0.2) is 4.79 Å². The van der Waals surface area contributed by atoms with Crippen LogP contribution in [0.3, 0.4) is 0 Å². The molecule has 0 saturated carbocycles. The summed E-state index contributed by atoms with van der Waals surface area (Å²) in [6.45, 7) is 3.35. The highest BCUT2D eigenvalue weighted by Gasteiger charge is 2.29. The fraction of sp³-hybridized carbons (Fsp3) is 0.467. The summed E-state index contributed by atoms with van der Waals surface area (Å²) in [6, 6.07) is 7.39. The summed E-state index contributed by atoms with van der Waals surface area (Å²) in [4.78, 5) is 22.9. The third kappa shape index (κ3) is 5.17. The second-order valence-corrected chi connectivity index (χ2v) is 5.37. The minimum atomic E-state index is -1.45. The van der Waals surface area contributed by atoms with Crippen LogP contribution >= 0.6 is 0 Å². The Bertz CT molecular complexity index is 476. The van der Waals surface area contributed by atoms with Crippen LogP contribution in [0.1, 0.15) is 19.4 Å². The number of benzene rings is 1. The molecule has 1 aromatic rings. The van der Waals surface area contributed by atoms with E-state index in [2.05, 4.69) is 5.32 Å². The summed E-state index contributed by atoms with van der Waals surface area (Å²) in [5.74, 6) is -2.19. The van der Waals surface area contributed by atoms with Gasteiger partial charge in [0.15, 0.2) is 0 Å². The first-order valence-electron chi connectivity index (χ1n) is 6.83. The highest BCUT2D eigenvalue weighted by Crippen LogP contribution is 2.07. The van der Waals surface area contributed by atoms with E-state index >= 15 is 0 Å². The van der Waals surface area contributed by atoms with Crippen molar-refractivity contribution in [2.24, 2.45) is 11.7 Å². The molecular formula is C15H22N2O4. The molecule has 0 aliphatic carbocycles. The number of hydrogen-bond donors (Lipinski definition) is 4. The quantitative estimate of drug-likeness (QED) is 0.571. The molecule has 5 N–H and O–H groups in total. The van der Waals surface area contributed by atoms with Gasteiger partial charge in [0, 0.05) is 6.04 Å². The van der Waals surface area contributed by atoms with Crippen molar-refractivity contribution in [3.63, 3.8) is 0 Å². The number of carbonyl (C=O) groups is 2. The molecule has 0 aliphatic heterocycles. The van der Waals surface area contributed by atoms with E-state index in [0.29, 0.717) is 6.42 Å². The Hall–Kier alpha value is -1.92. The van der Waals surface area contributed by atoms with Gasteiger partial charge in [0.1, 0.15) is 12.1 Å². The van der Waals surface area contributed by atoms with Crippen LogP contribution in [0.4, 0.5) is 0 Å². The van der Waals surface area contributed by atoms with Crippen LogP contribution in [0.15, 0.2) is 30.3 Å². The topological polar surface area (TPSA) is 113 Å². The third-order valence-corrected chi connectivity index (χ3v) is 3.22. The van der Waals surface area contributed by atoms with Crippen molar-refractivity contribution in [3.05, 3.63) is 35.9 Å². The molecule has 116 valence electrons. The highest BCUT2D eigenvalue weighted by molar-refractivity contribution is 5.86. The Morgan fingerprint density at radius 2 is 1.81 bits per heavy atom. The average Bonchev–Trinajstić information content (AvgIpc) is 2.43. The maximum atomic E-state index is 11.9. The third-order valence-electron chi connectivity index (χ3n) is 3.22. The first-order chi connectivity index (χ1) is 9.82. The summed E-state index contributed by atoms with van der Waals surface area (Å²) in [5, 5.41) is 21.3. The average molecular weight is 294 g/mol. The monoisotopic (exact) mass is 294 g/mol. The molecule has 2 unspecified atom stereocenters.